The second-order valence-corrected chi connectivity index (χ2v) is 2.16. The Hall–Kier alpha value is 1.18. The van der Waals surface area contributed by atoms with Crippen LogP contribution in [0.15, 0.2) is 0 Å². The van der Waals surface area contributed by atoms with Crippen LogP contribution in [0, 0.1) is 0 Å². The van der Waals surface area contributed by atoms with Crippen LogP contribution in [0.25, 0.3) is 0 Å². The predicted octanol–water partition coefficient (Wildman–Crippen LogP) is 0.300. The fourth-order valence-corrected chi connectivity index (χ4v) is 0.538. The van der Waals surface area contributed by atoms with Crippen LogP contribution in [0.3, 0.4) is 0 Å². The van der Waals surface area contributed by atoms with E-state index in [1.807, 2.05) is 0 Å². The van der Waals surface area contributed by atoms with Crippen LogP contribution in [0.1, 0.15) is 0 Å². The van der Waals surface area contributed by atoms with Gasteiger partial charge in [0.2, 0.25) is 0 Å². The van der Waals surface area contributed by atoms with Gasteiger partial charge in [-0.2, -0.15) is 0 Å². The van der Waals surface area contributed by atoms with E-state index in [4.69, 9.17) is 9.79 Å². The minimum Gasteiger partial charge on any atom is -0.131 e. The van der Waals surface area contributed by atoms with E-state index in [0.717, 1.165) is 0 Å². The first-order valence-electron chi connectivity index (χ1n) is 1.13. The van der Waals surface area contributed by atoms with E-state index in [1.54, 1.807) is 0 Å². The van der Waals surface area contributed by atoms with E-state index >= 15 is 0 Å². The second kappa shape index (κ2) is 6.31. The van der Waals surface area contributed by atoms with Gasteiger partial charge in [0, 0.05) is 41.8 Å². The number of hydrogen-bond acceptors (Lipinski definition) is 3. The first-order chi connectivity index (χ1) is 3.13. The Morgan fingerprint density at radius 3 is 1.38 bits per heavy atom. The van der Waals surface area contributed by atoms with E-state index < -0.39 is 16.5 Å². The molecule has 0 saturated heterocycles. The molecule has 0 saturated carbocycles. The monoisotopic (exact) mass is 233 g/mol. The third-order valence-corrected chi connectivity index (χ3v) is 1.26. The van der Waals surface area contributed by atoms with Gasteiger partial charge in [0.05, 0.1) is 0 Å². The molecule has 0 aromatic carbocycles. The molecule has 0 aliphatic rings. The van der Waals surface area contributed by atoms with Crippen LogP contribution in [-0.4, -0.2) is 9.79 Å². The fraction of sp³-hybridized carbons (Fsp3) is 0. The Morgan fingerprint density at radius 2 is 1.38 bits per heavy atom. The Morgan fingerprint density at radius 1 is 1.12 bits per heavy atom. The molecule has 2 unspecified atom stereocenters. The predicted molar refractivity (Wildman–Crippen MR) is 20.7 cm³/mol. The van der Waals surface area contributed by atoms with E-state index in [-0.39, 0.29) is 32.7 Å². The molecule has 0 heterocycles. The van der Waals surface area contributed by atoms with Crippen molar-refractivity contribution in [2.45, 2.75) is 0 Å². The van der Waals surface area contributed by atoms with E-state index in [2.05, 4.69) is 4.31 Å². The molecule has 0 aromatic heterocycles. The SMILES string of the molecule is O=[P+](O)O[P+](=O)O.[Y]. The normalized spacial score (nSPS) is 11.8. The summed E-state index contributed by atoms with van der Waals surface area (Å²) < 4.78 is 22.2. The molecule has 0 amide bonds. The molecular formula is H2O5P2Y+2. The van der Waals surface area contributed by atoms with Crippen LogP contribution in [0.2, 0.25) is 0 Å². The summed E-state index contributed by atoms with van der Waals surface area (Å²) in [6.07, 6.45) is 0. The quantitative estimate of drug-likeness (QED) is 0.670. The minimum atomic E-state index is -2.92. The van der Waals surface area contributed by atoms with Crippen LogP contribution in [-0.2, 0) is 46.1 Å². The molecule has 0 aliphatic heterocycles. The summed E-state index contributed by atoms with van der Waals surface area (Å²) in [5.41, 5.74) is 0. The molecule has 0 aromatic rings. The van der Waals surface area contributed by atoms with E-state index in [9.17, 15) is 9.13 Å². The van der Waals surface area contributed by atoms with Crippen LogP contribution in [0.5, 0.6) is 0 Å². The smallest absolute Gasteiger partial charge is 0.131 e. The standard InChI is InChI=1S/O5P2.Y/c1-6(2)5-7(3)4;/p+2. The zero-order valence-corrected chi connectivity index (χ0v) is 8.22. The topological polar surface area (TPSA) is 83.8 Å². The van der Waals surface area contributed by atoms with Crippen LogP contribution >= 0.6 is 16.5 Å². The van der Waals surface area contributed by atoms with Gasteiger partial charge < -0.3 is 0 Å². The Balaban J connectivity index is 0. The molecule has 1 radical (unpaired) electrons. The largest absolute Gasteiger partial charge is 0.745 e. The molecule has 8 heteroatoms. The average Bonchev–Trinajstić information content (AvgIpc) is 1.27. The zero-order valence-electron chi connectivity index (χ0n) is 3.59. The maximum atomic E-state index is 9.39. The summed E-state index contributed by atoms with van der Waals surface area (Å²) in [6.45, 7) is 0. The van der Waals surface area contributed by atoms with Gasteiger partial charge in [0.15, 0.2) is 4.31 Å². The molecule has 43 valence electrons. The molecule has 0 bridgehead atoms. The maximum Gasteiger partial charge on any atom is 0.745 e. The first-order valence-corrected chi connectivity index (χ1v) is 3.39. The second-order valence-electron chi connectivity index (χ2n) is 0.557. The zero-order chi connectivity index (χ0) is 5.86. The van der Waals surface area contributed by atoms with Crippen molar-refractivity contribution in [2.75, 3.05) is 0 Å². The van der Waals surface area contributed by atoms with Gasteiger partial charge in [-0.1, -0.05) is 0 Å². The van der Waals surface area contributed by atoms with Crippen molar-refractivity contribution in [2.24, 2.45) is 0 Å². The number of rotatable bonds is 2. The maximum absolute atomic E-state index is 9.39. The number of hydrogen-bond donors (Lipinski definition) is 2. The molecular weight excluding hydrogens is 231 g/mol. The van der Waals surface area contributed by atoms with Crippen molar-refractivity contribution >= 4 is 16.5 Å². The van der Waals surface area contributed by atoms with Gasteiger partial charge in [-0.05, 0) is 0 Å². The third kappa shape index (κ3) is 10.2. The molecule has 0 aliphatic carbocycles. The van der Waals surface area contributed by atoms with E-state index in [0.29, 0.717) is 0 Å². The first kappa shape index (κ1) is 11.9. The van der Waals surface area contributed by atoms with Crippen molar-refractivity contribution < 1.29 is 55.9 Å². The van der Waals surface area contributed by atoms with E-state index in [1.165, 1.54) is 0 Å². The molecule has 8 heavy (non-hydrogen) atoms. The van der Waals surface area contributed by atoms with Crippen molar-refractivity contribution in [1.82, 2.24) is 0 Å². The van der Waals surface area contributed by atoms with Gasteiger partial charge in [-0.15, -0.1) is 9.79 Å². The molecule has 0 fully saturated rings. The van der Waals surface area contributed by atoms with Crippen molar-refractivity contribution in [3.63, 3.8) is 0 Å². The van der Waals surface area contributed by atoms with Crippen LogP contribution < -0.4 is 0 Å². The van der Waals surface area contributed by atoms with Gasteiger partial charge in [-0.25, -0.2) is 0 Å². The van der Waals surface area contributed by atoms with Crippen molar-refractivity contribution in [3.8, 4) is 0 Å². The Labute approximate surface area is 72.2 Å². The summed E-state index contributed by atoms with van der Waals surface area (Å²) in [5, 5.41) is 0. The average molecular weight is 233 g/mol. The van der Waals surface area contributed by atoms with Crippen molar-refractivity contribution in [3.05, 3.63) is 0 Å². The summed E-state index contributed by atoms with van der Waals surface area (Å²) in [6, 6.07) is 0. The van der Waals surface area contributed by atoms with Gasteiger partial charge in [0.25, 0.3) is 0 Å². The molecule has 2 N–H and O–H groups in total. The fourth-order valence-electron chi connectivity index (χ4n) is 0.0598. The van der Waals surface area contributed by atoms with Crippen LogP contribution in [0.4, 0.5) is 0 Å². The Bertz CT molecular complexity index is 86.6. The summed E-state index contributed by atoms with van der Waals surface area (Å²) in [5.74, 6) is 0. The summed E-state index contributed by atoms with van der Waals surface area (Å²) >= 11 is 0. The molecule has 5 nitrogen and oxygen atoms in total. The van der Waals surface area contributed by atoms with Crippen molar-refractivity contribution in [1.29, 1.82) is 0 Å². The minimum absolute atomic E-state index is 0. The molecule has 0 rings (SSSR count). The molecule has 2 atom stereocenters. The summed E-state index contributed by atoms with van der Waals surface area (Å²) in [4.78, 5) is 15.3. The molecule has 0 spiro atoms. The van der Waals surface area contributed by atoms with Gasteiger partial charge in [0.1, 0.15) is 0 Å². The summed E-state index contributed by atoms with van der Waals surface area (Å²) in [7, 11) is -5.85. The Kier molecular flexibility index (Phi) is 9.40. The van der Waals surface area contributed by atoms with Gasteiger partial charge in [-0.3, -0.25) is 0 Å². The third-order valence-electron chi connectivity index (χ3n) is 0.140. The van der Waals surface area contributed by atoms with Gasteiger partial charge >= 0.3 is 16.5 Å².